The van der Waals surface area contributed by atoms with Gasteiger partial charge in [-0.3, -0.25) is 14.5 Å². The molecule has 0 spiro atoms. The van der Waals surface area contributed by atoms with Crippen molar-refractivity contribution >= 4 is 16.7 Å². The number of pyridine rings is 1. The van der Waals surface area contributed by atoms with Crippen molar-refractivity contribution in [1.82, 2.24) is 14.8 Å². The zero-order valence-corrected chi connectivity index (χ0v) is 20.7. The van der Waals surface area contributed by atoms with E-state index in [2.05, 4.69) is 30.9 Å². The molecule has 3 saturated carbocycles. The Morgan fingerprint density at radius 2 is 2.03 bits per heavy atom. The van der Waals surface area contributed by atoms with Gasteiger partial charge in [-0.2, -0.15) is 5.10 Å². The number of nitrogens with zero attached hydrogens (tertiary/aromatic N) is 3. The van der Waals surface area contributed by atoms with Crippen molar-refractivity contribution in [3.05, 3.63) is 24.7 Å². The molecule has 2 heterocycles. The maximum Gasteiger partial charge on any atom is 0.157 e. The van der Waals surface area contributed by atoms with Gasteiger partial charge in [0.2, 0.25) is 0 Å². The molecule has 0 aromatic carbocycles. The van der Waals surface area contributed by atoms with E-state index in [9.17, 15) is 9.90 Å². The van der Waals surface area contributed by atoms with Crippen molar-refractivity contribution in [2.24, 2.45) is 35.0 Å². The molecule has 180 valence electrons. The van der Waals surface area contributed by atoms with E-state index in [1.54, 1.807) is 6.20 Å². The molecular weight excluding hydrogens is 410 g/mol. The van der Waals surface area contributed by atoms with Crippen molar-refractivity contribution in [1.29, 1.82) is 0 Å². The number of ketones is 1. The molecule has 7 atom stereocenters. The molecule has 2 aromatic heterocycles. The van der Waals surface area contributed by atoms with Gasteiger partial charge in [-0.25, -0.2) is 0 Å². The van der Waals surface area contributed by atoms with Gasteiger partial charge in [0.15, 0.2) is 5.78 Å². The Kier molecular flexibility index (Phi) is 6.13. The van der Waals surface area contributed by atoms with Crippen molar-refractivity contribution in [3.8, 4) is 0 Å². The molecule has 7 unspecified atom stereocenters. The third kappa shape index (κ3) is 4.05. The topological polar surface area (TPSA) is 68.0 Å². The molecule has 3 aliphatic carbocycles. The Balaban J connectivity index is 1.26. The third-order valence-corrected chi connectivity index (χ3v) is 10.3. The van der Waals surface area contributed by atoms with E-state index in [4.69, 9.17) is 0 Å². The Bertz CT molecular complexity index is 1000. The van der Waals surface area contributed by atoms with Gasteiger partial charge in [0.25, 0.3) is 0 Å². The lowest BCUT2D eigenvalue weighted by Gasteiger charge is -2.49. The van der Waals surface area contributed by atoms with Crippen LogP contribution in [-0.4, -0.2) is 31.3 Å². The SMILES string of the molecule is CCC1CC(O)(CC)CCC1C1CCC2(C)C(CCC2C(=O)Cn2ncc3ccncc32)C1. The fourth-order valence-electron chi connectivity index (χ4n) is 8.08. The monoisotopic (exact) mass is 451 g/mol. The number of carbonyl (C=O) groups is 1. The molecule has 0 saturated heterocycles. The van der Waals surface area contributed by atoms with E-state index in [0.717, 1.165) is 48.4 Å². The normalized spacial score (nSPS) is 39.0. The number of fused-ring (bicyclic) bond motifs is 2. The zero-order chi connectivity index (χ0) is 23.2. The van der Waals surface area contributed by atoms with Gasteiger partial charge in [-0.1, -0.05) is 27.2 Å². The molecule has 0 radical (unpaired) electrons. The van der Waals surface area contributed by atoms with Crippen LogP contribution in [0.2, 0.25) is 0 Å². The van der Waals surface area contributed by atoms with Gasteiger partial charge in [-0.05, 0) is 92.9 Å². The van der Waals surface area contributed by atoms with Gasteiger partial charge in [0, 0.05) is 17.5 Å². The Hall–Kier alpha value is -1.75. The average molecular weight is 452 g/mol. The zero-order valence-electron chi connectivity index (χ0n) is 20.7. The molecule has 0 amide bonds. The molecule has 5 heteroatoms. The number of carbonyl (C=O) groups excluding carboxylic acids is 1. The third-order valence-electron chi connectivity index (χ3n) is 10.3. The summed E-state index contributed by atoms with van der Waals surface area (Å²) >= 11 is 0. The van der Waals surface area contributed by atoms with Crippen molar-refractivity contribution in [2.45, 2.75) is 97.1 Å². The molecule has 1 N–H and O–H groups in total. The van der Waals surface area contributed by atoms with Gasteiger partial charge in [0.05, 0.1) is 23.5 Å². The van der Waals surface area contributed by atoms with E-state index in [0.29, 0.717) is 24.2 Å². The Morgan fingerprint density at radius 1 is 1.18 bits per heavy atom. The van der Waals surface area contributed by atoms with Crippen LogP contribution >= 0.6 is 0 Å². The highest BCUT2D eigenvalue weighted by Gasteiger charge is 2.53. The quantitative estimate of drug-likeness (QED) is 0.603. The molecule has 3 aliphatic rings. The van der Waals surface area contributed by atoms with Crippen LogP contribution in [0.15, 0.2) is 24.7 Å². The smallest absolute Gasteiger partial charge is 0.157 e. The van der Waals surface area contributed by atoms with Crippen LogP contribution in [0.4, 0.5) is 0 Å². The van der Waals surface area contributed by atoms with Crippen molar-refractivity contribution in [3.63, 3.8) is 0 Å². The van der Waals surface area contributed by atoms with Crippen LogP contribution < -0.4 is 0 Å². The van der Waals surface area contributed by atoms with E-state index < -0.39 is 5.60 Å². The molecular formula is C28H41N3O2. The summed E-state index contributed by atoms with van der Waals surface area (Å²) in [4.78, 5) is 17.7. The summed E-state index contributed by atoms with van der Waals surface area (Å²) in [7, 11) is 0. The highest BCUT2D eigenvalue weighted by molar-refractivity contribution is 5.84. The molecule has 0 bridgehead atoms. The van der Waals surface area contributed by atoms with E-state index in [1.807, 2.05) is 23.1 Å². The first kappa shape index (κ1) is 23.0. The van der Waals surface area contributed by atoms with Crippen molar-refractivity contribution in [2.75, 3.05) is 0 Å². The van der Waals surface area contributed by atoms with Gasteiger partial charge in [0.1, 0.15) is 6.54 Å². The molecule has 2 aromatic rings. The lowest BCUT2D eigenvalue weighted by molar-refractivity contribution is -0.128. The molecule has 33 heavy (non-hydrogen) atoms. The van der Waals surface area contributed by atoms with Crippen LogP contribution in [0, 0.1) is 35.0 Å². The molecule has 5 nitrogen and oxygen atoms in total. The standard InChI is InChI=1S/C28H41N3O2/c1-4-19-15-28(33,5-2)12-9-23(19)20-8-11-27(3)22(14-20)6-7-24(27)26(32)18-31-25-17-29-13-10-21(25)16-30-31/h10,13,16-17,19-20,22-24,33H,4-9,11-12,14-15,18H2,1-3H3. The number of Topliss-reactive ketones (excluding diaryl/α,β-unsaturated/α-hetero) is 1. The summed E-state index contributed by atoms with van der Waals surface area (Å²) in [6, 6.07) is 1.95. The molecule has 3 fully saturated rings. The lowest BCUT2D eigenvalue weighted by Crippen LogP contribution is -2.44. The number of rotatable bonds is 6. The average Bonchev–Trinajstić information content (AvgIpc) is 3.39. The van der Waals surface area contributed by atoms with Crippen molar-refractivity contribution < 1.29 is 9.90 Å². The second-order valence-electron chi connectivity index (χ2n) is 11.7. The second-order valence-corrected chi connectivity index (χ2v) is 11.7. The number of hydrogen-bond donors (Lipinski definition) is 1. The Morgan fingerprint density at radius 3 is 2.82 bits per heavy atom. The maximum absolute atomic E-state index is 13.5. The van der Waals surface area contributed by atoms with Gasteiger partial charge < -0.3 is 5.11 Å². The molecule has 0 aliphatic heterocycles. The summed E-state index contributed by atoms with van der Waals surface area (Å²) in [5.41, 5.74) is 0.649. The predicted octanol–water partition coefficient (Wildman–Crippen LogP) is 5.80. The highest BCUT2D eigenvalue weighted by atomic mass is 16.3. The summed E-state index contributed by atoms with van der Waals surface area (Å²) in [5, 5.41) is 16.4. The molecule has 5 rings (SSSR count). The predicted molar refractivity (Wildman–Crippen MR) is 131 cm³/mol. The number of aliphatic hydroxyl groups is 1. The van der Waals surface area contributed by atoms with E-state index in [-0.39, 0.29) is 11.3 Å². The minimum Gasteiger partial charge on any atom is -0.390 e. The maximum atomic E-state index is 13.5. The first-order valence-electron chi connectivity index (χ1n) is 13.4. The summed E-state index contributed by atoms with van der Waals surface area (Å²) in [5.74, 6) is 3.33. The fourth-order valence-corrected chi connectivity index (χ4v) is 8.08. The summed E-state index contributed by atoms with van der Waals surface area (Å²) < 4.78 is 1.84. The lowest BCUT2D eigenvalue weighted by atomic mass is 9.56. The summed E-state index contributed by atoms with van der Waals surface area (Å²) in [6.07, 6.45) is 16.5. The van der Waals surface area contributed by atoms with Crippen LogP contribution in [0.1, 0.15) is 85.0 Å². The van der Waals surface area contributed by atoms with Crippen LogP contribution in [0.25, 0.3) is 10.9 Å². The van der Waals surface area contributed by atoms with Gasteiger partial charge >= 0.3 is 0 Å². The first-order chi connectivity index (χ1) is 15.9. The number of hydrogen-bond acceptors (Lipinski definition) is 4. The minimum atomic E-state index is -0.433. The van der Waals surface area contributed by atoms with Crippen LogP contribution in [-0.2, 0) is 11.3 Å². The second kappa shape index (κ2) is 8.79. The van der Waals surface area contributed by atoms with Crippen LogP contribution in [0.3, 0.4) is 0 Å². The fraction of sp³-hybridized carbons (Fsp3) is 0.750. The highest BCUT2D eigenvalue weighted by Crippen LogP contribution is 2.59. The largest absolute Gasteiger partial charge is 0.390 e. The number of aromatic nitrogens is 3. The van der Waals surface area contributed by atoms with E-state index in [1.165, 1.54) is 38.5 Å². The van der Waals surface area contributed by atoms with E-state index >= 15 is 0 Å². The Labute approximate surface area is 198 Å². The minimum absolute atomic E-state index is 0.134. The summed E-state index contributed by atoms with van der Waals surface area (Å²) in [6.45, 7) is 7.21. The van der Waals surface area contributed by atoms with Gasteiger partial charge in [-0.15, -0.1) is 0 Å². The van der Waals surface area contributed by atoms with Crippen LogP contribution in [0.5, 0.6) is 0 Å². The first-order valence-corrected chi connectivity index (χ1v) is 13.4.